The van der Waals surface area contributed by atoms with E-state index in [-0.39, 0.29) is 0 Å². The summed E-state index contributed by atoms with van der Waals surface area (Å²) in [6, 6.07) is 69.0. The second kappa shape index (κ2) is 13.1. The first-order valence-electron chi connectivity index (χ1n) is 19.6. The summed E-state index contributed by atoms with van der Waals surface area (Å²) in [6.45, 7) is 0. The number of nitrogens with zero attached hydrogens (tertiary/aromatic N) is 2. The van der Waals surface area contributed by atoms with Gasteiger partial charge in [-0.1, -0.05) is 170 Å². The van der Waals surface area contributed by atoms with Gasteiger partial charge >= 0.3 is 0 Å². The van der Waals surface area contributed by atoms with Gasteiger partial charge in [0.05, 0.1) is 15.9 Å². The lowest BCUT2D eigenvalue weighted by Crippen LogP contribution is -1.94. The third-order valence-corrected chi connectivity index (χ3v) is 12.7. The number of benzene rings is 9. The number of furan rings is 1. The van der Waals surface area contributed by atoms with Gasteiger partial charge in [0.2, 0.25) is 0 Å². The van der Waals surface area contributed by atoms with E-state index in [9.17, 15) is 0 Å². The molecule has 0 N–H and O–H groups in total. The molecule has 0 aliphatic heterocycles. The van der Waals surface area contributed by atoms with Gasteiger partial charge in [-0.3, -0.25) is 0 Å². The molecular weight excluding hydrogens is 725 g/mol. The van der Waals surface area contributed by atoms with E-state index in [4.69, 9.17) is 14.4 Å². The van der Waals surface area contributed by atoms with E-state index in [1.54, 1.807) is 11.3 Å². The van der Waals surface area contributed by atoms with Crippen LogP contribution in [-0.4, -0.2) is 9.97 Å². The Morgan fingerprint density at radius 3 is 1.93 bits per heavy atom. The van der Waals surface area contributed by atoms with E-state index in [2.05, 4.69) is 194 Å². The first kappa shape index (κ1) is 32.8. The second-order valence-corrected chi connectivity index (χ2v) is 15.9. The molecule has 12 rings (SSSR count). The van der Waals surface area contributed by atoms with E-state index in [1.165, 1.54) is 48.5 Å². The molecule has 3 aromatic heterocycles. The average Bonchev–Trinajstić information content (AvgIpc) is 3.88. The van der Waals surface area contributed by atoms with Gasteiger partial charge in [-0.05, 0) is 73.6 Å². The van der Waals surface area contributed by atoms with Gasteiger partial charge < -0.3 is 4.42 Å². The molecule has 0 saturated heterocycles. The lowest BCUT2D eigenvalue weighted by Gasteiger charge is -2.12. The molecule has 12 aromatic rings. The minimum atomic E-state index is 0.681. The van der Waals surface area contributed by atoms with Gasteiger partial charge in [0.15, 0.2) is 5.82 Å². The van der Waals surface area contributed by atoms with Crippen molar-refractivity contribution < 1.29 is 4.42 Å². The van der Waals surface area contributed by atoms with Crippen molar-refractivity contribution in [2.75, 3.05) is 0 Å². The monoisotopic (exact) mass is 756 g/mol. The molecule has 3 heterocycles. The van der Waals surface area contributed by atoms with Crippen LogP contribution < -0.4 is 0 Å². The smallest absolute Gasteiger partial charge is 0.161 e. The van der Waals surface area contributed by atoms with Crippen LogP contribution in [0.4, 0.5) is 0 Å². The van der Waals surface area contributed by atoms with Crippen LogP contribution in [0.1, 0.15) is 0 Å². The van der Waals surface area contributed by atoms with Crippen molar-refractivity contribution in [2.45, 2.75) is 0 Å². The molecule has 0 amide bonds. The molecule has 0 atom stereocenters. The Balaban J connectivity index is 1.03. The molecule has 0 spiro atoms. The van der Waals surface area contributed by atoms with Crippen LogP contribution in [0.2, 0.25) is 0 Å². The van der Waals surface area contributed by atoms with E-state index >= 15 is 0 Å². The number of hydrogen-bond donors (Lipinski definition) is 0. The summed E-state index contributed by atoms with van der Waals surface area (Å²) in [5.74, 6) is 0.681. The predicted octanol–water partition coefficient (Wildman–Crippen LogP) is 15.4. The van der Waals surface area contributed by atoms with Gasteiger partial charge in [-0.15, -0.1) is 11.3 Å². The highest BCUT2D eigenvalue weighted by Crippen LogP contribution is 2.44. The van der Waals surface area contributed by atoms with E-state index in [1.807, 2.05) is 0 Å². The van der Waals surface area contributed by atoms with Crippen LogP contribution >= 0.6 is 11.3 Å². The van der Waals surface area contributed by atoms with Crippen LogP contribution in [0.25, 0.3) is 120 Å². The van der Waals surface area contributed by atoms with Gasteiger partial charge in [0.25, 0.3) is 0 Å². The molecular formula is C54H32N2OS. The van der Waals surface area contributed by atoms with Gasteiger partial charge in [-0.25, -0.2) is 9.97 Å². The summed E-state index contributed by atoms with van der Waals surface area (Å²) < 4.78 is 9.04. The Kier molecular flexibility index (Phi) is 7.40. The summed E-state index contributed by atoms with van der Waals surface area (Å²) in [6.07, 6.45) is 0. The number of rotatable bonds is 5. The molecule has 9 aromatic carbocycles. The molecule has 0 aliphatic carbocycles. The van der Waals surface area contributed by atoms with Gasteiger partial charge in [0.1, 0.15) is 11.2 Å². The van der Waals surface area contributed by atoms with Crippen molar-refractivity contribution in [1.29, 1.82) is 0 Å². The molecule has 0 unspecified atom stereocenters. The van der Waals surface area contributed by atoms with E-state index < -0.39 is 0 Å². The fraction of sp³-hybridized carbons (Fsp3) is 0. The molecule has 270 valence electrons. The SMILES string of the molecule is c1ccc(-c2cccc(-c3cccc4c3oc3cccc(-c5nc(-c6ccc(-c7cc8ccccc8c8ccccc78)cc6)c6sc7ccccc7c6n5)c34)c2)cc1. The molecule has 0 saturated carbocycles. The van der Waals surface area contributed by atoms with Crippen LogP contribution in [0, 0.1) is 0 Å². The summed E-state index contributed by atoms with van der Waals surface area (Å²) in [7, 11) is 0. The van der Waals surface area contributed by atoms with Crippen molar-refractivity contribution in [3.63, 3.8) is 0 Å². The maximum absolute atomic E-state index is 6.76. The highest BCUT2D eigenvalue weighted by atomic mass is 32.1. The van der Waals surface area contributed by atoms with Crippen molar-refractivity contribution in [2.24, 2.45) is 0 Å². The molecule has 58 heavy (non-hydrogen) atoms. The number of hydrogen-bond acceptors (Lipinski definition) is 4. The van der Waals surface area contributed by atoms with Crippen LogP contribution in [0.15, 0.2) is 199 Å². The largest absolute Gasteiger partial charge is 0.455 e. The minimum Gasteiger partial charge on any atom is -0.455 e. The minimum absolute atomic E-state index is 0.681. The Hall–Kier alpha value is -7.40. The first-order chi connectivity index (χ1) is 28.7. The summed E-state index contributed by atoms with van der Waals surface area (Å²) in [5, 5.41) is 8.21. The lowest BCUT2D eigenvalue weighted by molar-refractivity contribution is 0.670. The first-order valence-corrected chi connectivity index (χ1v) is 20.4. The van der Waals surface area contributed by atoms with Gasteiger partial charge in [0, 0.05) is 37.5 Å². The fourth-order valence-electron chi connectivity index (χ4n) is 8.77. The molecule has 3 nitrogen and oxygen atoms in total. The number of aromatic nitrogens is 2. The number of para-hydroxylation sites is 1. The lowest BCUT2D eigenvalue weighted by atomic mass is 9.93. The third kappa shape index (κ3) is 5.19. The Morgan fingerprint density at radius 1 is 0.397 bits per heavy atom. The third-order valence-electron chi connectivity index (χ3n) is 11.5. The second-order valence-electron chi connectivity index (χ2n) is 14.8. The van der Waals surface area contributed by atoms with Gasteiger partial charge in [-0.2, -0.15) is 0 Å². The highest BCUT2D eigenvalue weighted by molar-refractivity contribution is 7.26. The summed E-state index contributed by atoms with van der Waals surface area (Å²) in [4.78, 5) is 10.8. The van der Waals surface area contributed by atoms with Crippen molar-refractivity contribution >= 4 is 75.1 Å². The van der Waals surface area contributed by atoms with E-state index in [0.29, 0.717) is 5.82 Å². The molecule has 0 fully saturated rings. The van der Waals surface area contributed by atoms with Crippen molar-refractivity contribution in [3.8, 4) is 56.0 Å². The topological polar surface area (TPSA) is 38.9 Å². The summed E-state index contributed by atoms with van der Waals surface area (Å²) >= 11 is 1.75. The predicted molar refractivity (Wildman–Crippen MR) is 244 cm³/mol. The fourth-order valence-corrected chi connectivity index (χ4v) is 9.92. The maximum Gasteiger partial charge on any atom is 0.161 e. The molecule has 0 bridgehead atoms. The Morgan fingerprint density at radius 2 is 1.05 bits per heavy atom. The van der Waals surface area contributed by atoms with Crippen molar-refractivity contribution in [3.05, 3.63) is 194 Å². The zero-order valence-corrected chi connectivity index (χ0v) is 32.0. The molecule has 4 heteroatoms. The van der Waals surface area contributed by atoms with Crippen molar-refractivity contribution in [1.82, 2.24) is 9.97 Å². The maximum atomic E-state index is 6.76. The number of fused-ring (bicyclic) bond motifs is 9. The van der Waals surface area contributed by atoms with E-state index in [0.717, 1.165) is 65.5 Å². The molecule has 0 radical (unpaired) electrons. The standard InChI is InChI=1S/C54H32N2OS/c1-2-13-33(14-3-1)36-16-10-17-37(31-36)40-22-11-23-44-49-45(24-12-25-47(49)57-52(40)44)54-55-50(53-51(56-54)43-21-8-9-26-48(43)58-53)35-29-27-34(28-30-35)46-32-38-15-4-5-18-39(38)41-19-6-7-20-42(41)46/h1-32H. The quantitative estimate of drug-likeness (QED) is 0.164. The molecule has 0 aliphatic rings. The summed E-state index contributed by atoms with van der Waals surface area (Å²) in [5.41, 5.74) is 12.5. The highest BCUT2D eigenvalue weighted by Gasteiger charge is 2.21. The van der Waals surface area contributed by atoms with Crippen LogP contribution in [-0.2, 0) is 0 Å². The van der Waals surface area contributed by atoms with Crippen LogP contribution in [0.3, 0.4) is 0 Å². The zero-order valence-electron chi connectivity index (χ0n) is 31.2. The number of thiophene rings is 1. The van der Waals surface area contributed by atoms with Crippen LogP contribution in [0.5, 0.6) is 0 Å². The normalized spacial score (nSPS) is 11.8. The zero-order chi connectivity index (χ0) is 38.2. The Labute approximate surface area is 338 Å². The Bertz CT molecular complexity index is 3560. The average molecular weight is 757 g/mol.